The number of nitrogens with one attached hydrogen (secondary N) is 2. The molecule has 0 unspecified atom stereocenters. The lowest BCUT2D eigenvalue weighted by molar-refractivity contribution is 0.297. The molecule has 0 spiro atoms. The number of rotatable bonds is 7. The van der Waals surface area contributed by atoms with Crippen molar-refractivity contribution >= 4 is 45.6 Å². The van der Waals surface area contributed by atoms with E-state index in [9.17, 15) is 12.8 Å². The number of hydrogen-bond acceptors (Lipinski definition) is 5. The minimum Gasteiger partial charge on any atom is -0.490 e. The van der Waals surface area contributed by atoms with Crippen LogP contribution in [0.2, 0.25) is 0 Å². The van der Waals surface area contributed by atoms with Crippen molar-refractivity contribution in [1.29, 1.82) is 0 Å². The van der Waals surface area contributed by atoms with Gasteiger partial charge >= 0.3 is 0 Å². The number of nitrogens with two attached hydrogens (primary N) is 1. The number of fused-ring (bicyclic) bond motifs is 1. The molecule has 1 aliphatic rings. The van der Waals surface area contributed by atoms with E-state index in [2.05, 4.69) is 15.6 Å². The lowest BCUT2D eigenvalue weighted by Gasteiger charge is -2.15. The molecule has 1 aliphatic heterocycles. The third-order valence-corrected chi connectivity index (χ3v) is 5.05. The van der Waals surface area contributed by atoms with E-state index in [0.717, 1.165) is 6.42 Å². The zero-order chi connectivity index (χ0) is 21.4. The van der Waals surface area contributed by atoms with Crippen molar-refractivity contribution < 1.29 is 22.3 Å². The van der Waals surface area contributed by atoms with E-state index < -0.39 is 10.0 Å². The summed E-state index contributed by atoms with van der Waals surface area (Å²) in [5.74, 6) is 1.08. The van der Waals surface area contributed by atoms with E-state index in [0.29, 0.717) is 54.9 Å². The fourth-order valence-corrected chi connectivity index (χ4v) is 3.16. The highest BCUT2D eigenvalue weighted by molar-refractivity contribution is 14.0. The van der Waals surface area contributed by atoms with Crippen molar-refractivity contribution in [3.8, 4) is 11.5 Å². The zero-order valence-electron chi connectivity index (χ0n) is 16.8. The Morgan fingerprint density at radius 3 is 2.61 bits per heavy atom. The second-order valence-corrected chi connectivity index (χ2v) is 8.44. The van der Waals surface area contributed by atoms with E-state index in [4.69, 9.17) is 14.6 Å². The smallest absolute Gasteiger partial charge is 0.210 e. The second-order valence-electron chi connectivity index (χ2n) is 6.70. The number of guanidine groups is 1. The molecular weight excluding hydrogens is 538 g/mol. The molecule has 0 fully saturated rings. The zero-order valence-corrected chi connectivity index (χ0v) is 20.0. The standard InChI is InChI=1S/C20H25FN4O4S.HI/c21-17-5-2-1-4-15(17)8-9-23-20(24-10-13-30(22,26)27)25-16-6-7-18-19(14-16)29-12-3-11-28-18;/h1-2,4-7,14H,3,8-13H2,(H2,22,26,27)(H2,23,24,25);1H. The van der Waals surface area contributed by atoms with Crippen LogP contribution in [-0.2, 0) is 16.4 Å². The summed E-state index contributed by atoms with van der Waals surface area (Å²) in [6, 6.07) is 11.9. The summed E-state index contributed by atoms with van der Waals surface area (Å²) in [6.45, 7) is 1.54. The third kappa shape index (κ3) is 8.50. The highest BCUT2D eigenvalue weighted by Gasteiger charge is 2.12. The van der Waals surface area contributed by atoms with E-state index >= 15 is 0 Å². The van der Waals surface area contributed by atoms with Crippen molar-refractivity contribution in [3.05, 3.63) is 53.8 Å². The summed E-state index contributed by atoms with van der Waals surface area (Å²) >= 11 is 0. The fraction of sp³-hybridized carbons (Fsp3) is 0.350. The molecule has 2 aromatic rings. The molecule has 31 heavy (non-hydrogen) atoms. The van der Waals surface area contributed by atoms with Crippen molar-refractivity contribution in [2.75, 3.05) is 37.4 Å². The maximum Gasteiger partial charge on any atom is 0.210 e. The van der Waals surface area contributed by atoms with Gasteiger partial charge in [-0.25, -0.2) is 17.9 Å². The van der Waals surface area contributed by atoms with E-state index in [1.165, 1.54) is 6.07 Å². The predicted molar refractivity (Wildman–Crippen MR) is 129 cm³/mol. The summed E-state index contributed by atoms with van der Waals surface area (Å²) < 4.78 is 47.5. The number of anilines is 1. The molecule has 0 aliphatic carbocycles. The average molecular weight is 564 g/mol. The van der Waals surface area contributed by atoms with Crippen LogP contribution in [0.3, 0.4) is 0 Å². The van der Waals surface area contributed by atoms with Gasteiger partial charge in [0.2, 0.25) is 10.0 Å². The molecule has 0 saturated carbocycles. The van der Waals surface area contributed by atoms with Gasteiger partial charge in [0.25, 0.3) is 0 Å². The number of nitrogens with zero attached hydrogens (tertiary/aromatic N) is 1. The Kier molecular flexibility index (Phi) is 9.78. The Balaban J connectivity index is 0.00000341. The molecule has 3 rings (SSSR count). The number of benzene rings is 2. The molecule has 0 atom stereocenters. The predicted octanol–water partition coefficient (Wildman–Crippen LogP) is 2.49. The summed E-state index contributed by atoms with van der Waals surface area (Å²) in [5, 5.41) is 11.2. The largest absolute Gasteiger partial charge is 0.490 e. The molecule has 4 N–H and O–H groups in total. The summed E-state index contributed by atoms with van der Waals surface area (Å²) in [7, 11) is -3.63. The first-order valence-electron chi connectivity index (χ1n) is 9.59. The molecule has 1 heterocycles. The number of halogens is 2. The highest BCUT2D eigenvalue weighted by Crippen LogP contribution is 2.32. The number of hydrogen-bond donors (Lipinski definition) is 3. The molecule has 0 aromatic heterocycles. The van der Waals surface area contributed by atoms with Gasteiger partial charge in [-0.15, -0.1) is 24.0 Å². The van der Waals surface area contributed by atoms with E-state index in [1.807, 2.05) is 0 Å². The van der Waals surface area contributed by atoms with Gasteiger partial charge in [-0.3, -0.25) is 4.99 Å². The number of sulfonamides is 1. The molecule has 8 nitrogen and oxygen atoms in total. The number of primary sulfonamides is 1. The van der Waals surface area contributed by atoms with Gasteiger partial charge in [-0.1, -0.05) is 18.2 Å². The minimum atomic E-state index is -3.63. The number of aliphatic imine (C=N–C) groups is 1. The van der Waals surface area contributed by atoms with Gasteiger partial charge in [0.05, 0.1) is 25.5 Å². The Morgan fingerprint density at radius 1 is 1.13 bits per heavy atom. The molecule has 11 heteroatoms. The van der Waals surface area contributed by atoms with Crippen LogP contribution in [0.4, 0.5) is 10.1 Å². The molecule has 170 valence electrons. The lowest BCUT2D eigenvalue weighted by Crippen LogP contribution is -2.33. The highest BCUT2D eigenvalue weighted by atomic mass is 127. The Labute approximate surface area is 198 Å². The van der Waals surface area contributed by atoms with Crippen LogP contribution in [0.25, 0.3) is 0 Å². The fourth-order valence-electron chi connectivity index (χ4n) is 2.82. The Hall–Kier alpha value is -2.12. The van der Waals surface area contributed by atoms with Crippen LogP contribution in [0.5, 0.6) is 11.5 Å². The van der Waals surface area contributed by atoms with Gasteiger partial charge in [0.1, 0.15) is 5.82 Å². The summed E-state index contributed by atoms with van der Waals surface area (Å²) in [4.78, 5) is 4.26. The van der Waals surface area contributed by atoms with Crippen molar-refractivity contribution in [1.82, 2.24) is 5.32 Å². The first-order valence-corrected chi connectivity index (χ1v) is 11.3. The van der Waals surface area contributed by atoms with Crippen LogP contribution in [0, 0.1) is 5.82 Å². The van der Waals surface area contributed by atoms with Gasteiger partial charge in [-0.2, -0.15) is 0 Å². The minimum absolute atomic E-state index is 0. The topological polar surface area (TPSA) is 115 Å². The van der Waals surface area contributed by atoms with E-state index in [1.54, 1.807) is 36.4 Å². The Morgan fingerprint density at radius 2 is 1.87 bits per heavy atom. The van der Waals surface area contributed by atoms with Crippen molar-refractivity contribution in [3.63, 3.8) is 0 Å². The normalized spacial score (nSPS) is 13.7. The lowest BCUT2D eigenvalue weighted by atomic mass is 10.1. The van der Waals surface area contributed by atoms with E-state index in [-0.39, 0.29) is 42.1 Å². The summed E-state index contributed by atoms with van der Waals surface area (Å²) in [5.41, 5.74) is 1.26. The number of ether oxygens (including phenoxy) is 2. The Bertz CT molecular complexity index is 1000. The van der Waals surface area contributed by atoms with Gasteiger partial charge < -0.3 is 20.1 Å². The molecular formula is C20H26FIN4O4S. The second kappa shape index (κ2) is 12.1. The molecule has 0 amide bonds. The van der Waals surface area contributed by atoms with Crippen LogP contribution < -0.4 is 25.2 Å². The maximum atomic E-state index is 13.8. The van der Waals surface area contributed by atoms with Crippen LogP contribution >= 0.6 is 24.0 Å². The quantitative estimate of drug-likeness (QED) is 0.271. The first kappa shape index (κ1) is 25.1. The first-order chi connectivity index (χ1) is 14.4. The summed E-state index contributed by atoms with van der Waals surface area (Å²) in [6.07, 6.45) is 1.24. The van der Waals surface area contributed by atoms with Gasteiger partial charge in [0.15, 0.2) is 17.5 Å². The van der Waals surface area contributed by atoms with Crippen molar-refractivity contribution in [2.45, 2.75) is 12.8 Å². The molecule has 0 saturated heterocycles. The van der Waals surface area contributed by atoms with Crippen molar-refractivity contribution in [2.24, 2.45) is 10.1 Å². The monoisotopic (exact) mass is 564 g/mol. The van der Waals surface area contributed by atoms with Gasteiger partial charge in [0, 0.05) is 24.7 Å². The SMILES string of the molecule is I.NS(=O)(=O)CCN=C(NCCc1ccccc1F)Nc1ccc2c(c1)OCCCO2. The van der Waals surface area contributed by atoms with Crippen LogP contribution in [0.15, 0.2) is 47.5 Å². The maximum absolute atomic E-state index is 13.8. The van der Waals surface area contributed by atoms with Crippen LogP contribution in [0.1, 0.15) is 12.0 Å². The van der Waals surface area contributed by atoms with Crippen LogP contribution in [-0.4, -0.2) is 46.4 Å². The average Bonchev–Trinajstić information content (AvgIpc) is 2.93. The third-order valence-electron chi connectivity index (χ3n) is 4.30. The molecule has 0 bridgehead atoms. The molecule has 2 aromatic carbocycles. The molecule has 0 radical (unpaired) electrons. The van der Waals surface area contributed by atoms with Gasteiger partial charge in [-0.05, 0) is 30.2 Å².